The Morgan fingerprint density at radius 3 is 2.63 bits per heavy atom. The lowest BCUT2D eigenvalue weighted by molar-refractivity contribution is 0.0635. The summed E-state index contributed by atoms with van der Waals surface area (Å²) in [6, 6.07) is 1.98. The van der Waals surface area contributed by atoms with E-state index in [1.807, 2.05) is 11.9 Å². The third-order valence-electron chi connectivity index (χ3n) is 4.18. The highest BCUT2D eigenvalue weighted by atomic mass is 35.5. The predicted octanol–water partition coefficient (Wildman–Crippen LogP) is 3.78. The number of hydrogen-bond acceptors (Lipinski definition) is 2. The number of hydrogen-bond donors (Lipinski definition) is 0. The highest BCUT2D eigenvalue weighted by Gasteiger charge is 2.31. The molecule has 19 heavy (non-hydrogen) atoms. The van der Waals surface area contributed by atoms with Gasteiger partial charge in [0.15, 0.2) is 0 Å². The summed E-state index contributed by atoms with van der Waals surface area (Å²) in [7, 11) is 1.87. The molecule has 1 heterocycles. The van der Waals surface area contributed by atoms with Crippen LogP contribution in [0.25, 0.3) is 0 Å². The molecule has 0 aromatic carbocycles. The maximum absolute atomic E-state index is 12.4. The van der Waals surface area contributed by atoms with Gasteiger partial charge < -0.3 is 4.90 Å². The molecule has 4 heteroatoms. The second kappa shape index (κ2) is 5.49. The average molecular weight is 281 g/mol. The first-order chi connectivity index (χ1) is 8.91. The molecule has 0 atom stereocenters. The molecule has 0 spiro atoms. The Hall–Kier alpha value is -1.09. The first kappa shape index (κ1) is 14.3. The van der Waals surface area contributed by atoms with Crippen LogP contribution in [-0.4, -0.2) is 28.9 Å². The van der Waals surface area contributed by atoms with Crippen molar-refractivity contribution in [1.29, 1.82) is 0 Å². The highest BCUT2D eigenvalue weighted by molar-refractivity contribution is 6.33. The number of rotatable bonds is 2. The quantitative estimate of drug-likeness (QED) is 0.826. The number of carbonyl (C=O) groups is 1. The van der Waals surface area contributed by atoms with Gasteiger partial charge in [0.2, 0.25) is 0 Å². The topological polar surface area (TPSA) is 33.2 Å². The number of amides is 1. The standard InChI is InChI=1S/C15H21ClN2O/c1-15(2)7-4-11(5-8-15)18(3)14(19)12-10-17-9-6-13(12)16/h6,9-11H,4-5,7-8H2,1-3H3. The van der Waals surface area contributed by atoms with Crippen molar-refractivity contribution in [2.24, 2.45) is 5.41 Å². The third-order valence-corrected chi connectivity index (χ3v) is 4.50. The molecule has 1 aliphatic carbocycles. The maximum atomic E-state index is 12.4. The van der Waals surface area contributed by atoms with Gasteiger partial charge in [0.05, 0.1) is 10.6 Å². The number of nitrogens with zero attached hydrogens (tertiary/aromatic N) is 2. The predicted molar refractivity (Wildman–Crippen MR) is 77.4 cm³/mol. The highest BCUT2D eigenvalue weighted by Crippen LogP contribution is 2.37. The van der Waals surface area contributed by atoms with Crippen LogP contribution in [0.3, 0.4) is 0 Å². The van der Waals surface area contributed by atoms with Gasteiger partial charge in [-0.2, -0.15) is 0 Å². The summed E-state index contributed by atoms with van der Waals surface area (Å²) in [6.07, 6.45) is 7.60. The normalized spacial score (nSPS) is 19.2. The summed E-state index contributed by atoms with van der Waals surface area (Å²) in [4.78, 5) is 18.2. The number of halogens is 1. The lowest BCUT2D eigenvalue weighted by Crippen LogP contribution is -2.41. The van der Waals surface area contributed by atoms with Gasteiger partial charge in [-0.05, 0) is 37.2 Å². The fourth-order valence-electron chi connectivity index (χ4n) is 2.66. The van der Waals surface area contributed by atoms with Crippen LogP contribution in [0.4, 0.5) is 0 Å². The molecule has 104 valence electrons. The Morgan fingerprint density at radius 2 is 2.05 bits per heavy atom. The van der Waals surface area contributed by atoms with Gasteiger partial charge in [-0.25, -0.2) is 0 Å². The van der Waals surface area contributed by atoms with E-state index in [1.165, 1.54) is 0 Å². The van der Waals surface area contributed by atoms with Crippen molar-refractivity contribution in [3.63, 3.8) is 0 Å². The summed E-state index contributed by atoms with van der Waals surface area (Å²) in [5, 5.41) is 0.475. The second-order valence-corrected chi connectivity index (χ2v) is 6.57. The van der Waals surface area contributed by atoms with Crippen LogP contribution in [0.15, 0.2) is 18.5 Å². The van der Waals surface area contributed by atoms with E-state index in [1.54, 1.807) is 18.5 Å². The van der Waals surface area contributed by atoms with E-state index >= 15 is 0 Å². The zero-order valence-electron chi connectivity index (χ0n) is 11.8. The van der Waals surface area contributed by atoms with Gasteiger partial charge in [0.1, 0.15) is 0 Å². The smallest absolute Gasteiger partial charge is 0.256 e. The van der Waals surface area contributed by atoms with E-state index in [4.69, 9.17) is 11.6 Å². The zero-order chi connectivity index (χ0) is 14.0. The van der Waals surface area contributed by atoms with Crippen LogP contribution in [0.2, 0.25) is 5.02 Å². The molecule has 0 bridgehead atoms. The van der Waals surface area contributed by atoms with E-state index in [-0.39, 0.29) is 5.91 Å². The van der Waals surface area contributed by atoms with Gasteiger partial charge in [-0.3, -0.25) is 9.78 Å². The lowest BCUT2D eigenvalue weighted by Gasteiger charge is -2.38. The fourth-order valence-corrected chi connectivity index (χ4v) is 2.85. The van der Waals surface area contributed by atoms with Crippen LogP contribution in [0.1, 0.15) is 49.9 Å². The van der Waals surface area contributed by atoms with E-state index < -0.39 is 0 Å². The van der Waals surface area contributed by atoms with Crippen LogP contribution in [-0.2, 0) is 0 Å². The van der Waals surface area contributed by atoms with Gasteiger partial charge in [0.25, 0.3) is 5.91 Å². The van der Waals surface area contributed by atoms with Gasteiger partial charge in [-0.1, -0.05) is 25.4 Å². The van der Waals surface area contributed by atoms with Crippen LogP contribution < -0.4 is 0 Å². The SMILES string of the molecule is CN(C(=O)c1cnccc1Cl)C1CCC(C)(C)CC1. The summed E-state index contributed by atoms with van der Waals surface area (Å²) >= 11 is 6.06. The molecule has 1 fully saturated rings. The number of pyridine rings is 1. The Balaban J connectivity index is 2.06. The molecule has 0 aliphatic heterocycles. The van der Waals surface area contributed by atoms with Crippen LogP contribution >= 0.6 is 11.6 Å². The summed E-state index contributed by atoms with van der Waals surface area (Å²) in [5.74, 6) is -0.0252. The molecule has 1 aromatic heterocycles. The van der Waals surface area contributed by atoms with E-state index in [0.717, 1.165) is 25.7 Å². The van der Waals surface area contributed by atoms with Crippen LogP contribution in [0.5, 0.6) is 0 Å². The molecule has 1 amide bonds. The summed E-state index contributed by atoms with van der Waals surface area (Å²) in [6.45, 7) is 4.59. The van der Waals surface area contributed by atoms with Crippen molar-refractivity contribution >= 4 is 17.5 Å². The van der Waals surface area contributed by atoms with Crippen molar-refractivity contribution in [2.75, 3.05) is 7.05 Å². The van der Waals surface area contributed by atoms with Gasteiger partial charge in [-0.15, -0.1) is 0 Å². The van der Waals surface area contributed by atoms with E-state index in [0.29, 0.717) is 22.0 Å². The molecule has 1 aliphatic rings. The summed E-state index contributed by atoms with van der Waals surface area (Å²) < 4.78 is 0. The molecule has 1 saturated carbocycles. The molecule has 2 rings (SSSR count). The molecule has 1 aromatic rings. The van der Waals surface area contributed by atoms with Gasteiger partial charge >= 0.3 is 0 Å². The number of aromatic nitrogens is 1. The maximum Gasteiger partial charge on any atom is 0.256 e. The Kier molecular flexibility index (Phi) is 4.14. The number of carbonyl (C=O) groups excluding carboxylic acids is 1. The minimum atomic E-state index is -0.0252. The second-order valence-electron chi connectivity index (χ2n) is 6.17. The minimum absolute atomic E-state index is 0.0252. The Bertz CT molecular complexity index is 463. The molecule has 3 nitrogen and oxygen atoms in total. The monoisotopic (exact) mass is 280 g/mol. The van der Waals surface area contributed by atoms with Crippen molar-refractivity contribution in [2.45, 2.75) is 45.6 Å². The minimum Gasteiger partial charge on any atom is -0.339 e. The van der Waals surface area contributed by atoms with E-state index in [9.17, 15) is 4.79 Å². The molecule has 0 N–H and O–H groups in total. The van der Waals surface area contributed by atoms with Gasteiger partial charge in [0, 0.05) is 25.5 Å². The van der Waals surface area contributed by atoms with Crippen molar-refractivity contribution in [3.05, 3.63) is 29.0 Å². The summed E-state index contributed by atoms with van der Waals surface area (Å²) in [5.41, 5.74) is 0.906. The lowest BCUT2D eigenvalue weighted by atomic mass is 9.75. The van der Waals surface area contributed by atoms with Crippen molar-refractivity contribution in [3.8, 4) is 0 Å². The van der Waals surface area contributed by atoms with Crippen molar-refractivity contribution in [1.82, 2.24) is 9.88 Å². The first-order valence-corrected chi connectivity index (χ1v) is 7.15. The Morgan fingerprint density at radius 1 is 1.42 bits per heavy atom. The van der Waals surface area contributed by atoms with Crippen LogP contribution in [0, 0.1) is 5.41 Å². The van der Waals surface area contributed by atoms with Crippen molar-refractivity contribution < 1.29 is 4.79 Å². The first-order valence-electron chi connectivity index (χ1n) is 6.77. The largest absolute Gasteiger partial charge is 0.339 e. The Labute approximate surface area is 120 Å². The fraction of sp³-hybridized carbons (Fsp3) is 0.600. The molecular weight excluding hydrogens is 260 g/mol. The molecular formula is C15H21ClN2O. The molecule has 0 saturated heterocycles. The van der Waals surface area contributed by atoms with E-state index in [2.05, 4.69) is 18.8 Å². The zero-order valence-corrected chi connectivity index (χ0v) is 12.6. The third kappa shape index (κ3) is 3.27. The molecule has 0 radical (unpaired) electrons. The molecule has 0 unspecified atom stereocenters. The average Bonchev–Trinajstić information content (AvgIpc) is 2.38.